The highest BCUT2D eigenvalue weighted by Gasteiger charge is 2.32. The molecule has 3 saturated heterocycles. The number of sulfone groups is 3. The molecule has 0 saturated carbocycles. The van der Waals surface area contributed by atoms with Crippen molar-refractivity contribution >= 4 is 160 Å². The van der Waals surface area contributed by atoms with Crippen LogP contribution in [0.1, 0.15) is 197 Å². The monoisotopic (exact) mass is 1920 g/mol. The molecule has 132 heavy (non-hydrogen) atoms. The Labute approximate surface area is 783 Å². The highest BCUT2D eigenvalue weighted by molar-refractivity contribution is 9.10. The number of carbonyl (C=O) groups is 2. The SMILES string of the molecule is CCC(=O)CN1CCC(c2cc(OC(C)C)c(Nc3nc(Nc4ccccc4S(=O)(=O)C(C)C)c4cc(C)[nH]c4n3)cc2C)CC1.Cc1cc(Nc2nc(Nc3ccccc3S(=O)(=O)C(C)C)c3c(Br)c[nH]c3n2)c(OC(C)C)cc1C1CCNCC1.Cc1cc2c(Nc3ccccc3S(=O)(=O)C(C)C)nc(Nc3cc(C)c(C4CCN(CC(N)=O)CC4)cc3OC(C)C)nc2[nH]1. The van der Waals surface area contributed by atoms with Crippen molar-refractivity contribution in [2.75, 3.05) is 84.3 Å². The van der Waals surface area contributed by atoms with Crippen LogP contribution in [-0.4, -0.2) is 178 Å². The fourth-order valence-electron chi connectivity index (χ4n) is 17.0. The summed E-state index contributed by atoms with van der Waals surface area (Å²) in [6.07, 6.45) is 8.26. The number of benzene rings is 6. The molecule has 1 amide bonds. The number of likely N-dealkylation sites (tertiary alicyclic amines) is 2. The van der Waals surface area contributed by atoms with Gasteiger partial charge >= 0.3 is 0 Å². The third-order valence-electron chi connectivity index (χ3n) is 23.9. The number of nitrogens with one attached hydrogen (secondary N) is 10. The largest absolute Gasteiger partial charge is 0.489 e. The molecule has 704 valence electrons. The number of hydrogen-bond acceptors (Lipinski definition) is 26. The lowest BCUT2D eigenvalue weighted by Gasteiger charge is -2.32. The molecule has 12 aromatic rings. The zero-order chi connectivity index (χ0) is 94.9. The second kappa shape index (κ2) is 42.3. The molecule has 0 unspecified atom stereocenters. The van der Waals surface area contributed by atoms with Crippen LogP contribution in [0.5, 0.6) is 17.2 Å². The van der Waals surface area contributed by atoms with Gasteiger partial charge in [0.2, 0.25) is 23.8 Å². The summed E-state index contributed by atoms with van der Waals surface area (Å²) >= 11 is 3.58. The zero-order valence-corrected chi connectivity index (χ0v) is 82.7. The number of hydrogen-bond donors (Lipinski definition) is 11. The van der Waals surface area contributed by atoms with Gasteiger partial charge in [0.1, 0.15) is 57.4 Å². The van der Waals surface area contributed by atoms with Crippen molar-refractivity contribution in [3.05, 3.63) is 177 Å². The summed E-state index contributed by atoms with van der Waals surface area (Å²) in [5, 5.41) is 24.0. The maximum absolute atomic E-state index is 13.2. The summed E-state index contributed by atoms with van der Waals surface area (Å²) in [5.41, 5.74) is 19.9. The summed E-state index contributed by atoms with van der Waals surface area (Å²) in [4.78, 5) is 66.9. The number of rotatable bonds is 32. The van der Waals surface area contributed by atoms with Crippen LogP contribution in [0, 0.1) is 34.6 Å². The fourth-order valence-corrected chi connectivity index (χ4v) is 21.1. The van der Waals surface area contributed by atoms with Gasteiger partial charge in [-0.3, -0.25) is 19.4 Å². The van der Waals surface area contributed by atoms with E-state index in [4.69, 9.17) is 49.8 Å². The van der Waals surface area contributed by atoms with Crippen LogP contribution < -0.4 is 57.2 Å². The van der Waals surface area contributed by atoms with E-state index in [9.17, 15) is 34.8 Å². The standard InChI is InChI=1S/C35H46N6O4S.C33H43N7O4S.C30H37BrN6O3S/c1-8-26(42)20-41-15-13-25(14-16-41)27-19-31(45-21(2)3)30(17-23(27)6)38-35-39-33-28(18-24(7)36-33)34(40-35)37-29-11-9-10-12-32(29)46(43,44)22(4)5;1-19(2)44-28-17-24(23-11-13-40(14-12-23)18-30(34)41)21(5)15-27(28)37-33-38-31-25(16-22(6)35-31)32(39-33)36-26-9-7-8-10-29(26)45(42,43)20(3)4;1-17(2)40-25-15-21(20-10-12-32-13-11-20)19(5)14-24(25)35-30-36-28-27(22(31)16-33-28)29(37-30)34-23-8-6-7-9-26(23)41(38,39)18(3)4/h9-12,17-19,21-22,25H,8,13-16,20H2,1-7H3,(H3,36,37,38,39,40);7-10,15-17,19-20,23H,11-14,18H2,1-6H3,(H2,34,41)(H3,35,36,37,38,39);6-9,14-18,20,32H,10-13H2,1-5H3,(H3,33,34,35,36,37). The van der Waals surface area contributed by atoms with Gasteiger partial charge in [-0.1, -0.05) is 43.3 Å². The van der Waals surface area contributed by atoms with E-state index in [1.807, 2.05) is 74.4 Å². The van der Waals surface area contributed by atoms with E-state index < -0.39 is 45.3 Å². The molecule has 0 atom stereocenters. The maximum Gasteiger partial charge on any atom is 0.231 e. The number of ether oxygens (including phenoxy) is 3. The van der Waals surface area contributed by atoms with Crippen LogP contribution in [0.4, 0.5) is 69.4 Å². The topological polar surface area (TPSA) is 406 Å². The molecule has 0 aliphatic carbocycles. The van der Waals surface area contributed by atoms with E-state index in [0.29, 0.717) is 117 Å². The van der Waals surface area contributed by atoms with Crippen LogP contribution in [0.15, 0.2) is 147 Å². The zero-order valence-electron chi connectivity index (χ0n) is 78.7. The molecule has 30 nitrogen and oxygen atoms in total. The summed E-state index contributed by atoms with van der Waals surface area (Å²) in [6.45, 7) is 40.5. The number of nitrogens with zero attached hydrogens (tertiary/aromatic N) is 8. The second-order valence-corrected chi connectivity index (χ2v) is 44.4. The van der Waals surface area contributed by atoms with E-state index >= 15 is 0 Å². The highest BCUT2D eigenvalue weighted by atomic mass is 79.9. The van der Waals surface area contributed by atoms with E-state index in [0.717, 1.165) is 138 Å². The predicted octanol–water partition coefficient (Wildman–Crippen LogP) is 19.8. The Morgan fingerprint density at radius 3 is 1.12 bits per heavy atom. The number of para-hydroxylation sites is 3. The Hall–Kier alpha value is -11.3. The molecule has 3 fully saturated rings. The van der Waals surface area contributed by atoms with Gasteiger partial charge in [0.25, 0.3) is 0 Å². The lowest BCUT2D eigenvalue weighted by Crippen LogP contribution is -2.39. The van der Waals surface area contributed by atoms with Crippen LogP contribution in [-0.2, 0) is 39.1 Å². The average Bonchev–Trinajstić information content (AvgIpc) is 1.54. The molecule has 6 aromatic carbocycles. The number of carbonyl (C=O) groups excluding carboxylic acids is 2. The third kappa shape index (κ3) is 23.5. The van der Waals surface area contributed by atoms with Gasteiger partial charge in [-0.25, -0.2) is 25.3 Å². The van der Waals surface area contributed by atoms with Gasteiger partial charge in [0.05, 0.1) is 112 Å². The molecular formula is C98H126BrN19O11S3. The molecule has 9 heterocycles. The van der Waals surface area contributed by atoms with E-state index in [-0.39, 0.29) is 51.2 Å². The van der Waals surface area contributed by atoms with E-state index in [2.05, 4.69) is 135 Å². The number of fused-ring (bicyclic) bond motifs is 3. The van der Waals surface area contributed by atoms with Gasteiger partial charge in [-0.2, -0.15) is 29.9 Å². The minimum absolute atomic E-state index is 0.0153. The van der Waals surface area contributed by atoms with Crippen LogP contribution in [0.2, 0.25) is 0 Å². The van der Waals surface area contributed by atoms with Gasteiger partial charge in [-0.05, 0) is 347 Å². The Bertz CT molecular complexity index is 6530. The highest BCUT2D eigenvalue weighted by Crippen LogP contribution is 2.45. The van der Waals surface area contributed by atoms with Crippen LogP contribution >= 0.6 is 15.9 Å². The van der Waals surface area contributed by atoms with Crippen molar-refractivity contribution in [2.24, 2.45) is 5.73 Å². The minimum atomic E-state index is -3.55. The molecule has 0 bridgehead atoms. The number of piperidine rings is 3. The number of amides is 1. The summed E-state index contributed by atoms with van der Waals surface area (Å²) in [5.74, 6) is 5.79. The van der Waals surface area contributed by atoms with Crippen LogP contribution in [0.25, 0.3) is 33.1 Å². The smallest absolute Gasteiger partial charge is 0.231 e. The van der Waals surface area contributed by atoms with Crippen molar-refractivity contribution in [3.63, 3.8) is 0 Å². The van der Waals surface area contributed by atoms with Crippen molar-refractivity contribution in [1.29, 1.82) is 0 Å². The second-order valence-electron chi connectivity index (χ2n) is 36.1. The number of aryl methyl sites for hydroxylation is 5. The number of nitrogens with two attached hydrogens (primary N) is 1. The number of H-pyrrole nitrogens is 3. The summed E-state index contributed by atoms with van der Waals surface area (Å²) < 4.78 is 98.5. The predicted molar refractivity (Wildman–Crippen MR) is 532 cm³/mol. The number of aromatic amines is 3. The molecule has 0 radical (unpaired) electrons. The third-order valence-corrected chi connectivity index (χ3v) is 31.1. The number of Topliss-reactive ketones (excluding diaryl/α,β-unsaturated/α-hetero) is 1. The van der Waals surface area contributed by atoms with E-state index in [1.165, 1.54) is 22.3 Å². The minimum Gasteiger partial charge on any atom is -0.489 e. The maximum atomic E-state index is 13.2. The van der Waals surface area contributed by atoms with Gasteiger partial charge in [-0.15, -0.1) is 0 Å². The van der Waals surface area contributed by atoms with Crippen molar-refractivity contribution in [1.82, 2.24) is 60.0 Å². The van der Waals surface area contributed by atoms with Crippen molar-refractivity contribution in [2.45, 2.75) is 236 Å². The number of primary amides is 1. The fraction of sp³-hybridized carbons (Fsp3) is 0.429. The molecule has 15 rings (SSSR count). The van der Waals surface area contributed by atoms with Gasteiger partial charge < -0.3 is 72.1 Å². The van der Waals surface area contributed by atoms with E-state index in [1.54, 1.807) is 121 Å². The molecule has 0 spiro atoms. The molecule has 3 aliphatic rings. The number of anilines is 12. The first-order valence-corrected chi connectivity index (χ1v) is 50.9. The Balaban J connectivity index is 0.000000169. The molecule has 3 aliphatic heterocycles. The lowest BCUT2D eigenvalue weighted by atomic mass is 9.86. The molecular weight excluding hydrogens is 1800 g/mol. The van der Waals surface area contributed by atoms with Crippen molar-refractivity contribution < 1.29 is 49.1 Å². The van der Waals surface area contributed by atoms with Gasteiger partial charge in [0, 0.05) is 28.5 Å². The Kier molecular flexibility index (Phi) is 31.5. The van der Waals surface area contributed by atoms with Crippen LogP contribution in [0.3, 0.4) is 0 Å². The Morgan fingerprint density at radius 2 is 0.773 bits per heavy atom. The first-order chi connectivity index (χ1) is 62.7. The van der Waals surface area contributed by atoms with Gasteiger partial charge in [0.15, 0.2) is 29.5 Å². The summed E-state index contributed by atoms with van der Waals surface area (Å²) in [7, 11) is -10.6. The Morgan fingerprint density at radius 1 is 0.439 bits per heavy atom. The number of ketones is 1. The average molecular weight is 1920 g/mol. The first-order valence-electron chi connectivity index (χ1n) is 45.5. The quantitative estimate of drug-likeness (QED) is 0.0186. The molecule has 12 N–H and O–H groups in total. The first kappa shape index (κ1) is 98.2. The number of aromatic nitrogens is 9. The lowest BCUT2D eigenvalue weighted by molar-refractivity contribution is -0.120. The normalized spacial score (nSPS) is 14.7. The van der Waals surface area contributed by atoms with Crippen molar-refractivity contribution in [3.8, 4) is 17.2 Å². The summed E-state index contributed by atoms with van der Waals surface area (Å²) in [6, 6.07) is 37.2. The number of halogens is 1. The molecule has 34 heteroatoms. The molecule has 6 aromatic heterocycles.